The summed E-state index contributed by atoms with van der Waals surface area (Å²) in [6.45, 7) is 12.1. The molecule has 4 heterocycles. The van der Waals surface area contributed by atoms with Crippen molar-refractivity contribution in [1.82, 2.24) is 24.8 Å². The maximum absolute atomic E-state index is 13.3. The predicted molar refractivity (Wildman–Crippen MR) is 152 cm³/mol. The first-order chi connectivity index (χ1) is 18.7. The molecule has 1 fully saturated rings. The third-order valence-electron chi connectivity index (χ3n) is 7.62. The van der Waals surface area contributed by atoms with Crippen LogP contribution in [0.15, 0.2) is 41.5 Å². The summed E-state index contributed by atoms with van der Waals surface area (Å²) in [5.74, 6) is 0.300. The van der Waals surface area contributed by atoms with Crippen LogP contribution in [0.25, 0.3) is 11.3 Å². The Bertz CT molecular complexity index is 1470. The summed E-state index contributed by atoms with van der Waals surface area (Å²) in [6, 6.07) is 10.5. The normalized spacial score (nSPS) is 22.7. The lowest BCUT2D eigenvalue weighted by molar-refractivity contribution is 0.168. The van der Waals surface area contributed by atoms with Gasteiger partial charge in [-0.15, -0.1) is 0 Å². The van der Waals surface area contributed by atoms with Gasteiger partial charge in [0.2, 0.25) is 5.95 Å². The Morgan fingerprint density at radius 2 is 2.00 bits per heavy atom. The SMILES string of the molecule is Cc1cc(Nc2nccc(-c3cc(C#N)c4c(c3)[C@@](C)(CO)CN4)n2)c(=O)n(CCN2CC(C)NC(C)C2)c1. The molecule has 10 heteroatoms. The van der Waals surface area contributed by atoms with Gasteiger partial charge in [-0.05, 0) is 56.2 Å². The zero-order valence-electron chi connectivity index (χ0n) is 23.0. The summed E-state index contributed by atoms with van der Waals surface area (Å²) in [5.41, 5.74) is 4.29. The zero-order chi connectivity index (χ0) is 27.7. The standard InChI is InChI=1S/C29H36N8O2/c1-18-9-25(27(39)37(13-18)8-7-36-14-19(2)33-20(3)15-36)35-28-31-6-5-24(34-28)21-10-22(12-30)26-23(11-21)29(4,17-38)16-32-26/h5-6,9-11,13,19-20,32-33,38H,7-8,14-17H2,1-4H3,(H,31,34,35)/t19?,20?,29-/m1/s1. The number of aryl methyl sites for hydroxylation is 1. The van der Waals surface area contributed by atoms with Crippen LogP contribution < -0.4 is 21.5 Å². The largest absolute Gasteiger partial charge is 0.395 e. The lowest BCUT2D eigenvalue weighted by Gasteiger charge is -2.36. The van der Waals surface area contributed by atoms with E-state index in [9.17, 15) is 15.2 Å². The number of aliphatic hydroxyl groups excluding tert-OH is 1. The van der Waals surface area contributed by atoms with Crippen LogP contribution in [0.1, 0.15) is 37.5 Å². The molecule has 3 aromatic rings. The van der Waals surface area contributed by atoms with E-state index in [2.05, 4.69) is 50.7 Å². The lowest BCUT2D eigenvalue weighted by atomic mass is 9.83. The molecule has 2 aromatic heterocycles. The number of rotatable bonds is 7. The quantitative estimate of drug-likeness (QED) is 0.365. The second kappa shape index (κ2) is 10.8. The van der Waals surface area contributed by atoms with Gasteiger partial charge in [-0.1, -0.05) is 6.92 Å². The Morgan fingerprint density at radius 1 is 1.23 bits per heavy atom. The van der Waals surface area contributed by atoms with Crippen molar-refractivity contribution in [3.05, 3.63) is 63.7 Å². The third kappa shape index (κ3) is 5.52. The highest BCUT2D eigenvalue weighted by atomic mass is 16.3. The van der Waals surface area contributed by atoms with Gasteiger partial charge in [0, 0.05) is 68.2 Å². The minimum atomic E-state index is -0.488. The molecular weight excluding hydrogens is 492 g/mol. The van der Waals surface area contributed by atoms with Gasteiger partial charge in [0.05, 0.1) is 23.6 Å². The summed E-state index contributed by atoms with van der Waals surface area (Å²) in [4.78, 5) is 24.8. The molecule has 2 unspecified atom stereocenters. The minimum Gasteiger partial charge on any atom is -0.395 e. The number of pyridine rings is 1. The predicted octanol–water partition coefficient (Wildman–Crippen LogP) is 2.59. The number of aliphatic hydroxyl groups is 1. The number of piperazine rings is 1. The lowest BCUT2D eigenvalue weighted by Crippen LogP contribution is -2.54. The molecule has 5 rings (SSSR count). The number of hydrogen-bond acceptors (Lipinski definition) is 9. The fraction of sp³-hybridized carbons (Fsp3) is 0.448. The molecule has 1 saturated heterocycles. The third-order valence-corrected chi connectivity index (χ3v) is 7.62. The van der Waals surface area contributed by atoms with E-state index in [1.165, 1.54) is 0 Å². The van der Waals surface area contributed by atoms with Crippen LogP contribution in [0.2, 0.25) is 0 Å². The van der Waals surface area contributed by atoms with Crippen LogP contribution in [-0.4, -0.2) is 69.4 Å². The smallest absolute Gasteiger partial charge is 0.274 e. The Labute approximate surface area is 228 Å². The van der Waals surface area contributed by atoms with Gasteiger partial charge < -0.3 is 25.6 Å². The topological polar surface area (TPSA) is 131 Å². The molecular formula is C29H36N8O2. The molecule has 1 aromatic carbocycles. The van der Waals surface area contributed by atoms with Crippen LogP contribution >= 0.6 is 0 Å². The van der Waals surface area contributed by atoms with Crippen molar-refractivity contribution in [3.8, 4) is 17.3 Å². The number of nitriles is 1. The number of aromatic nitrogens is 3. The number of anilines is 3. The first kappa shape index (κ1) is 26.8. The summed E-state index contributed by atoms with van der Waals surface area (Å²) >= 11 is 0. The number of nitrogens with zero attached hydrogens (tertiary/aromatic N) is 5. The molecule has 0 bridgehead atoms. The van der Waals surface area contributed by atoms with E-state index in [0.29, 0.717) is 48.1 Å². The zero-order valence-corrected chi connectivity index (χ0v) is 23.0. The molecule has 204 valence electrons. The second-order valence-electron chi connectivity index (χ2n) is 11.2. The highest BCUT2D eigenvalue weighted by Gasteiger charge is 2.36. The van der Waals surface area contributed by atoms with E-state index in [1.807, 2.05) is 32.2 Å². The fourth-order valence-electron chi connectivity index (χ4n) is 5.68. The van der Waals surface area contributed by atoms with Gasteiger partial charge in [-0.2, -0.15) is 5.26 Å². The summed E-state index contributed by atoms with van der Waals surface area (Å²) < 4.78 is 1.75. The Balaban J connectivity index is 1.39. The van der Waals surface area contributed by atoms with E-state index in [1.54, 1.807) is 22.9 Å². The molecule has 39 heavy (non-hydrogen) atoms. The van der Waals surface area contributed by atoms with Crippen LogP contribution in [0.5, 0.6) is 0 Å². The number of benzene rings is 1. The van der Waals surface area contributed by atoms with Crippen molar-refractivity contribution in [2.45, 2.75) is 51.7 Å². The molecule has 3 atom stereocenters. The minimum absolute atomic E-state index is 0.0375. The summed E-state index contributed by atoms with van der Waals surface area (Å²) in [5, 5.41) is 29.7. The van der Waals surface area contributed by atoms with Gasteiger partial charge in [-0.25, -0.2) is 9.97 Å². The molecule has 0 aliphatic carbocycles. The van der Waals surface area contributed by atoms with E-state index < -0.39 is 5.41 Å². The molecule has 10 nitrogen and oxygen atoms in total. The van der Waals surface area contributed by atoms with Crippen LogP contribution in [-0.2, 0) is 12.0 Å². The van der Waals surface area contributed by atoms with E-state index >= 15 is 0 Å². The summed E-state index contributed by atoms with van der Waals surface area (Å²) in [7, 11) is 0. The Morgan fingerprint density at radius 3 is 2.72 bits per heavy atom. The molecule has 0 spiro atoms. The van der Waals surface area contributed by atoms with Crippen LogP contribution in [0, 0.1) is 18.3 Å². The van der Waals surface area contributed by atoms with E-state index in [0.717, 1.165) is 42.0 Å². The monoisotopic (exact) mass is 528 g/mol. The highest BCUT2D eigenvalue weighted by molar-refractivity contribution is 5.76. The van der Waals surface area contributed by atoms with Gasteiger partial charge in [0.25, 0.3) is 5.56 Å². The Kier molecular flexibility index (Phi) is 7.40. The maximum atomic E-state index is 13.3. The Hall–Kier alpha value is -3.78. The second-order valence-corrected chi connectivity index (χ2v) is 11.2. The molecule has 4 N–H and O–H groups in total. The van der Waals surface area contributed by atoms with Crippen molar-refractivity contribution in [1.29, 1.82) is 5.26 Å². The fourth-order valence-corrected chi connectivity index (χ4v) is 5.68. The number of fused-ring (bicyclic) bond motifs is 1. The van der Waals surface area contributed by atoms with E-state index in [-0.39, 0.29) is 12.2 Å². The van der Waals surface area contributed by atoms with Gasteiger partial charge in [-0.3, -0.25) is 9.69 Å². The first-order valence-electron chi connectivity index (χ1n) is 13.4. The number of nitrogens with one attached hydrogen (secondary N) is 3. The molecule has 0 radical (unpaired) electrons. The van der Waals surface area contributed by atoms with Gasteiger partial charge in [0.15, 0.2) is 0 Å². The molecule has 0 amide bonds. The average molecular weight is 529 g/mol. The summed E-state index contributed by atoms with van der Waals surface area (Å²) in [6.07, 6.45) is 3.52. The number of hydrogen-bond donors (Lipinski definition) is 4. The van der Waals surface area contributed by atoms with E-state index in [4.69, 9.17) is 0 Å². The van der Waals surface area contributed by atoms with Crippen molar-refractivity contribution < 1.29 is 5.11 Å². The average Bonchev–Trinajstić information content (AvgIpc) is 3.26. The van der Waals surface area contributed by atoms with Crippen LogP contribution in [0.4, 0.5) is 17.3 Å². The molecule has 0 saturated carbocycles. The van der Waals surface area contributed by atoms with Gasteiger partial charge >= 0.3 is 0 Å². The van der Waals surface area contributed by atoms with Gasteiger partial charge in [0.1, 0.15) is 11.8 Å². The van der Waals surface area contributed by atoms with Crippen LogP contribution in [0.3, 0.4) is 0 Å². The van der Waals surface area contributed by atoms with Crippen molar-refractivity contribution in [2.75, 3.05) is 43.4 Å². The van der Waals surface area contributed by atoms with Crippen molar-refractivity contribution in [3.63, 3.8) is 0 Å². The highest BCUT2D eigenvalue weighted by Crippen LogP contribution is 2.41. The molecule has 2 aliphatic rings. The maximum Gasteiger partial charge on any atom is 0.274 e. The van der Waals surface area contributed by atoms with Crippen molar-refractivity contribution >= 4 is 17.3 Å². The first-order valence-corrected chi connectivity index (χ1v) is 13.4. The van der Waals surface area contributed by atoms with Crippen molar-refractivity contribution in [2.24, 2.45) is 0 Å². The molecule has 2 aliphatic heterocycles.